The van der Waals surface area contributed by atoms with Gasteiger partial charge in [0.25, 0.3) is 5.91 Å². The third-order valence-electron chi connectivity index (χ3n) is 5.68. The van der Waals surface area contributed by atoms with Crippen LogP contribution in [0.15, 0.2) is 12.1 Å². The average molecular weight is 406 g/mol. The number of amides is 3. The maximum atomic E-state index is 13.1. The highest BCUT2D eigenvalue weighted by atomic mass is 32.1. The molecule has 0 saturated carbocycles. The second kappa shape index (κ2) is 10.0. The molecule has 6 nitrogen and oxygen atoms in total. The van der Waals surface area contributed by atoms with Crippen molar-refractivity contribution in [2.24, 2.45) is 5.92 Å². The lowest BCUT2D eigenvalue weighted by atomic mass is 9.94. The van der Waals surface area contributed by atoms with Crippen molar-refractivity contribution in [3.63, 3.8) is 0 Å². The molecule has 0 spiro atoms. The van der Waals surface area contributed by atoms with E-state index in [4.69, 9.17) is 0 Å². The Hall–Kier alpha value is -1.89. The van der Waals surface area contributed by atoms with Gasteiger partial charge in [-0.2, -0.15) is 0 Å². The van der Waals surface area contributed by atoms with E-state index in [2.05, 4.69) is 5.32 Å². The highest BCUT2D eigenvalue weighted by molar-refractivity contribution is 7.13. The summed E-state index contributed by atoms with van der Waals surface area (Å²) in [6.07, 6.45) is 5.97. The molecule has 1 aromatic rings. The summed E-state index contributed by atoms with van der Waals surface area (Å²) in [4.78, 5) is 43.3. The SMILES string of the molecule is Cc1ccc(C(=O)N2CCC(C(=O)N3CCCCCCNC(=O)CC3)CC2)s1. The van der Waals surface area contributed by atoms with Crippen molar-refractivity contribution in [2.75, 3.05) is 32.7 Å². The molecule has 0 aromatic carbocycles. The molecule has 0 atom stereocenters. The van der Waals surface area contributed by atoms with E-state index in [0.29, 0.717) is 38.9 Å². The number of carbonyl (C=O) groups excluding carboxylic acids is 3. The first-order valence-corrected chi connectivity index (χ1v) is 11.3. The summed E-state index contributed by atoms with van der Waals surface area (Å²) >= 11 is 1.52. The number of thiophene rings is 1. The normalized spacial score (nSPS) is 20.4. The van der Waals surface area contributed by atoms with Gasteiger partial charge >= 0.3 is 0 Å². The summed E-state index contributed by atoms with van der Waals surface area (Å²) in [7, 11) is 0. The van der Waals surface area contributed by atoms with Gasteiger partial charge < -0.3 is 15.1 Å². The van der Waals surface area contributed by atoms with E-state index in [9.17, 15) is 14.4 Å². The minimum Gasteiger partial charge on any atom is -0.356 e. The average Bonchev–Trinajstić information content (AvgIpc) is 3.12. The molecule has 2 aliphatic rings. The van der Waals surface area contributed by atoms with Crippen molar-refractivity contribution in [2.45, 2.75) is 51.9 Å². The fourth-order valence-corrected chi connectivity index (χ4v) is 4.79. The highest BCUT2D eigenvalue weighted by Gasteiger charge is 2.31. The van der Waals surface area contributed by atoms with E-state index in [1.807, 2.05) is 28.9 Å². The molecule has 0 radical (unpaired) electrons. The molecule has 154 valence electrons. The number of nitrogens with zero attached hydrogens (tertiary/aromatic N) is 2. The number of carbonyl (C=O) groups is 3. The largest absolute Gasteiger partial charge is 0.356 e. The number of nitrogens with one attached hydrogen (secondary N) is 1. The summed E-state index contributed by atoms with van der Waals surface area (Å²) in [5, 5.41) is 2.93. The Morgan fingerprint density at radius 1 is 1.00 bits per heavy atom. The molecule has 3 amide bonds. The molecule has 1 aromatic heterocycles. The van der Waals surface area contributed by atoms with Crippen molar-refractivity contribution in [1.29, 1.82) is 0 Å². The lowest BCUT2D eigenvalue weighted by molar-refractivity contribution is -0.137. The van der Waals surface area contributed by atoms with Crippen molar-refractivity contribution in [3.8, 4) is 0 Å². The van der Waals surface area contributed by atoms with E-state index in [-0.39, 0.29) is 23.6 Å². The van der Waals surface area contributed by atoms with Crippen LogP contribution in [0.4, 0.5) is 0 Å². The molecule has 0 unspecified atom stereocenters. The Morgan fingerprint density at radius 3 is 2.46 bits per heavy atom. The molecule has 3 heterocycles. The van der Waals surface area contributed by atoms with Crippen LogP contribution < -0.4 is 5.32 Å². The number of rotatable bonds is 2. The van der Waals surface area contributed by atoms with Crippen LogP contribution >= 0.6 is 11.3 Å². The van der Waals surface area contributed by atoms with Gasteiger partial charge in [0.2, 0.25) is 11.8 Å². The molecular formula is C21H31N3O3S. The maximum absolute atomic E-state index is 13.1. The zero-order valence-corrected chi connectivity index (χ0v) is 17.6. The first-order valence-electron chi connectivity index (χ1n) is 10.5. The number of aryl methyl sites for hydroxylation is 1. The Bertz CT molecular complexity index is 695. The van der Waals surface area contributed by atoms with Gasteiger partial charge in [0.05, 0.1) is 4.88 Å². The molecular weight excluding hydrogens is 374 g/mol. The molecule has 3 rings (SSSR count). The number of likely N-dealkylation sites (tertiary alicyclic amines) is 1. The van der Waals surface area contributed by atoms with Gasteiger partial charge in [0.15, 0.2) is 0 Å². The predicted molar refractivity (Wildman–Crippen MR) is 110 cm³/mol. The van der Waals surface area contributed by atoms with Gasteiger partial charge in [-0.05, 0) is 44.7 Å². The van der Waals surface area contributed by atoms with E-state index in [1.165, 1.54) is 11.3 Å². The third kappa shape index (κ3) is 5.56. The van der Waals surface area contributed by atoms with E-state index >= 15 is 0 Å². The van der Waals surface area contributed by atoms with Gasteiger partial charge in [0, 0.05) is 49.9 Å². The van der Waals surface area contributed by atoms with Crippen LogP contribution in [-0.4, -0.2) is 60.2 Å². The number of hydrogen-bond acceptors (Lipinski definition) is 4. The minimum absolute atomic E-state index is 0.0337. The van der Waals surface area contributed by atoms with E-state index in [0.717, 1.165) is 48.5 Å². The van der Waals surface area contributed by atoms with Crippen molar-refractivity contribution in [3.05, 3.63) is 21.9 Å². The Labute approximate surface area is 171 Å². The standard InChI is InChI=1S/C21H31N3O3S/c1-16-6-7-18(28-16)21(27)24-13-8-17(9-14-24)20(26)23-12-5-3-2-4-11-22-19(25)10-15-23/h6-7,17H,2-5,8-15H2,1H3,(H,22,25). The van der Waals surface area contributed by atoms with Crippen LogP contribution in [0.3, 0.4) is 0 Å². The molecule has 2 saturated heterocycles. The monoisotopic (exact) mass is 405 g/mol. The van der Waals surface area contributed by atoms with Gasteiger partial charge in [-0.15, -0.1) is 11.3 Å². The Balaban J connectivity index is 1.53. The summed E-state index contributed by atoms with van der Waals surface area (Å²) in [5.74, 6) is 0.232. The van der Waals surface area contributed by atoms with Crippen molar-refractivity contribution >= 4 is 29.1 Å². The van der Waals surface area contributed by atoms with Crippen molar-refractivity contribution in [1.82, 2.24) is 15.1 Å². The smallest absolute Gasteiger partial charge is 0.263 e. The summed E-state index contributed by atoms with van der Waals surface area (Å²) in [6, 6.07) is 3.86. The molecule has 7 heteroatoms. The predicted octanol–water partition coefficient (Wildman–Crippen LogP) is 2.82. The first-order chi connectivity index (χ1) is 13.5. The molecule has 28 heavy (non-hydrogen) atoms. The lowest BCUT2D eigenvalue weighted by Gasteiger charge is -2.34. The maximum Gasteiger partial charge on any atom is 0.263 e. The molecule has 2 aliphatic heterocycles. The van der Waals surface area contributed by atoms with Crippen LogP contribution in [0.2, 0.25) is 0 Å². The lowest BCUT2D eigenvalue weighted by Crippen LogP contribution is -2.45. The van der Waals surface area contributed by atoms with Crippen molar-refractivity contribution < 1.29 is 14.4 Å². The topological polar surface area (TPSA) is 69.7 Å². The summed E-state index contributed by atoms with van der Waals surface area (Å²) < 4.78 is 0. The number of piperidine rings is 1. The fourth-order valence-electron chi connectivity index (χ4n) is 3.96. The van der Waals surface area contributed by atoms with Gasteiger partial charge in [-0.25, -0.2) is 0 Å². The molecule has 2 fully saturated rings. The quantitative estimate of drug-likeness (QED) is 0.823. The molecule has 1 N–H and O–H groups in total. The fraction of sp³-hybridized carbons (Fsp3) is 0.667. The molecule has 0 aliphatic carbocycles. The van der Waals surface area contributed by atoms with Crippen LogP contribution in [0.5, 0.6) is 0 Å². The Kier molecular flexibility index (Phi) is 7.48. The van der Waals surface area contributed by atoms with Gasteiger partial charge in [-0.1, -0.05) is 12.8 Å². The van der Waals surface area contributed by atoms with Crippen LogP contribution in [-0.2, 0) is 9.59 Å². The zero-order chi connectivity index (χ0) is 19.9. The van der Waals surface area contributed by atoms with Gasteiger partial charge in [0.1, 0.15) is 0 Å². The Morgan fingerprint density at radius 2 is 1.75 bits per heavy atom. The minimum atomic E-state index is -0.0395. The third-order valence-corrected chi connectivity index (χ3v) is 6.67. The number of hydrogen-bond donors (Lipinski definition) is 1. The summed E-state index contributed by atoms with van der Waals surface area (Å²) in [5.41, 5.74) is 0. The zero-order valence-electron chi connectivity index (χ0n) is 16.7. The van der Waals surface area contributed by atoms with Gasteiger partial charge in [-0.3, -0.25) is 14.4 Å². The van der Waals surface area contributed by atoms with Crippen LogP contribution in [0.1, 0.15) is 59.5 Å². The van der Waals surface area contributed by atoms with E-state index in [1.54, 1.807) is 0 Å². The first kappa shape index (κ1) is 20.8. The second-order valence-electron chi connectivity index (χ2n) is 7.82. The second-order valence-corrected chi connectivity index (χ2v) is 9.10. The van der Waals surface area contributed by atoms with Crippen LogP contribution in [0, 0.1) is 12.8 Å². The molecule has 0 bridgehead atoms. The van der Waals surface area contributed by atoms with E-state index < -0.39 is 0 Å². The summed E-state index contributed by atoms with van der Waals surface area (Å²) in [6.45, 7) is 5.23. The van der Waals surface area contributed by atoms with Crippen LogP contribution in [0.25, 0.3) is 0 Å². The highest BCUT2D eigenvalue weighted by Crippen LogP contribution is 2.24.